The number of hydrogen-bond acceptors (Lipinski definition) is 4. The topological polar surface area (TPSA) is 76.4 Å². The average Bonchev–Trinajstić information content (AvgIpc) is 2.85. The summed E-state index contributed by atoms with van der Waals surface area (Å²) in [6.45, 7) is 3.16. The van der Waals surface area contributed by atoms with Gasteiger partial charge >= 0.3 is 0 Å². The zero-order chi connectivity index (χ0) is 22.3. The van der Waals surface area contributed by atoms with Gasteiger partial charge in [-0.1, -0.05) is 60.7 Å². The van der Waals surface area contributed by atoms with Crippen LogP contribution < -0.4 is 5.32 Å². The van der Waals surface area contributed by atoms with E-state index in [0.29, 0.717) is 17.7 Å². The minimum Gasteiger partial charge on any atom is -0.393 e. The van der Waals surface area contributed by atoms with E-state index in [2.05, 4.69) is 28.4 Å². The first-order valence-corrected chi connectivity index (χ1v) is 11.0. The summed E-state index contributed by atoms with van der Waals surface area (Å²) in [5.74, 6) is -0.163. The van der Waals surface area contributed by atoms with Crippen molar-refractivity contribution < 1.29 is 9.90 Å². The quantitative estimate of drug-likeness (QED) is 0.623. The molecule has 1 amide bonds. The molecule has 162 valence electrons. The Morgan fingerprint density at radius 1 is 0.938 bits per heavy atom. The van der Waals surface area contributed by atoms with Gasteiger partial charge in [0.2, 0.25) is 0 Å². The molecule has 0 spiro atoms. The second-order valence-electron chi connectivity index (χ2n) is 8.21. The third-order valence-corrected chi connectivity index (χ3v) is 5.95. The highest BCUT2D eigenvalue weighted by Gasteiger charge is 2.17. The van der Waals surface area contributed by atoms with Gasteiger partial charge in [0.25, 0.3) is 5.91 Å². The number of benzene rings is 3. The second kappa shape index (κ2) is 10.2. The fourth-order valence-corrected chi connectivity index (χ4v) is 4.11. The van der Waals surface area contributed by atoms with Crippen LogP contribution in [0.3, 0.4) is 0 Å². The van der Waals surface area contributed by atoms with E-state index in [1.165, 1.54) is 5.56 Å². The molecule has 1 fully saturated rings. The fourth-order valence-electron chi connectivity index (χ4n) is 4.11. The van der Waals surface area contributed by atoms with Crippen molar-refractivity contribution in [1.82, 2.24) is 10.2 Å². The van der Waals surface area contributed by atoms with Crippen molar-refractivity contribution in [2.24, 2.45) is 0 Å². The van der Waals surface area contributed by atoms with Crippen molar-refractivity contribution in [2.45, 2.75) is 32.0 Å². The molecule has 3 aromatic carbocycles. The van der Waals surface area contributed by atoms with Crippen LogP contribution in [0.15, 0.2) is 72.8 Å². The normalized spacial score (nSPS) is 14.6. The lowest BCUT2D eigenvalue weighted by Crippen LogP contribution is -2.35. The number of rotatable bonds is 6. The molecule has 5 nitrogen and oxygen atoms in total. The number of carbonyl (C=O) groups excluding carboxylic acids is 1. The van der Waals surface area contributed by atoms with Crippen molar-refractivity contribution in [3.63, 3.8) is 0 Å². The first kappa shape index (κ1) is 21.8. The highest BCUT2D eigenvalue weighted by molar-refractivity contribution is 6.01. The molecule has 1 aliphatic rings. The number of hydrogen-bond donors (Lipinski definition) is 2. The third kappa shape index (κ3) is 5.23. The van der Waals surface area contributed by atoms with Gasteiger partial charge in [-0.3, -0.25) is 9.69 Å². The molecule has 0 radical (unpaired) electrons. The van der Waals surface area contributed by atoms with E-state index in [4.69, 9.17) is 0 Å². The Balaban J connectivity index is 1.40. The van der Waals surface area contributed by atoms with Crippen LogP contribution in [-0.2, 0) is 13.1 Å². The summed E-state index contributed by atoms with van der Waals surface area (Å²) in [5.41, 5.74) is 4.88. The molecule has 3 aromatic rings. The molecule has 0 saturated carbocycles. The number of amides is 1. The maximum absolute atomic E-state index is 12.9. The summed E-state index contributed by atoms with van der Waals surface area (Å²) in [6.07, 6.45) is 1.52. The van der Waals surface area contributed by atoms with Crippen LogP contribution in [0, 0.1) is 11.3 Å². The second-order valence-corrected chi connectivity index (χ2v) is 8.21. The van der Waals surface area contributed by atoms with Crippen molar-refractivity contribution in [1.29, 1.82) is 5.26 Å². The van der Waals surface area contributed by atoms with Crippen LogP contribution in [0.5, 0.6) is 0 Å². The van der Waals surface area contributed by atoms with Gasteiger partial charge in [-0.2, -0.15) is 5.26 Å². The molecule has 0 atom stereocenters. The predicted molar refractivity (Wildman–Crippen MR) is 125 cm³/mol. The largest absolute Gasteiger partial charge is 0.393 e. The highest BCUT2D eigenvalue weighted by Crippen LogP contribution is 2.27. The van der Waals surface area contributed by atoms with Gasteiger partial charge in [0.05, 0.1) is 17.7 Å². The van der Waals surface area contributed by atoms with Crippen LogP contribution in [-0.4, -0.2) is 35.1 Å². The number of nitrogens with one attached hydrogen (secondary N) is 1. The number of nitriles is 1. The van der Waals surface area contributed by atoms with E-state index in [-0.39, 0.29) is 12.0 Å². The minimum absolute atomic E-state index is 0.157. The zero-order valence-electron chi connectivity index (χ0n) is 18.0. The Morgan fingerprint density at radius 3 is 2.28 bits per heavy atom. The Labute approximate surface area is 188 Å². The molecule has 0 bridgehead atoms. The van der Waals surface area contributed by atoms with Gasteiger partial charge in [-0.25, -0.2) is 0 Å². The number of piperidine rings is 1. The summed E-state index contributed by atoms with van der Waals surface area (Å²) in [7, 11) is 0. The van der Waals surface area contributed by atoms with Gasteiger partial charge in [-0.15, -0.1) is 0 Å². The van der Waals surface area contributed by atoms with E-state index < -0.39 is 0 Å². The van der Waals surface area contributed by atoms with E-state index >= 15 is 0 Å². The molecule has 1 heterocycles. The van der Waals surface area contributed by atoms with Gasteiger partial charge in [-0.05, 0) is 41.7 Å². The van der Waals surface area contributed by atoms with E-state index in [1.807, 2.05) is 48.5 Å². The summed E-state index contributed by atoms with van der Waals surface area (Å²) >= 11 is 0. The van der Waals surface area contributed by atoms with Crippen molar-refractivity contribution in [2.75, 3.05) is 13.1 Å². The number of aliphatic hydroxyl groups is 1. The number of likely N-dealkylation sites (tertiary alicyclic amines) is 1. The Morgan fingerprint density at radius 2 is 1.56 bits per heavy atom. The van der Waals surface area contributed by atoms with E-state index in [0.717, 1.165) is 49.2 Å². The molecule has 4 rings (SSSR count). The van der Waals surface area contributed by atoms with Crippen LogP contribution in [0.4, 0.5) is 0 Å². The third-order valence-electron chi connectivity index (χ3n) is 5.95. The Bertz CT molecular complexity index is 1110. The predicted octanol–water partition coefficient (Wildman–Crippen LogP) is 4.11. The number of carbonyl (C=O) groups is 1. The molecule has 0 aliphatic carbocycles. The lowest BCUT2D eigenvalue weighted by Gasteiger charge is -2.29. The maximum Gasteiger partial charge on any atom is 0.252 e. The van der Waals surface area contributed by atoms with Crippen LogP contribution in [0.1, 0.15) is 39.9 Å². The average molecular weight is 426 g/mol. The van der Waals surface area contributed by atoms with E-state index in [9.17, 15) is 15.2 Å². The molecule has 0 aromatic heterocycles. The van der Waals surface area contributed by atoms with Crippen LogP contribution >= 0.6 is 0 Å². The van der Waals surface area contributed by atoms with Crippen molar-refractivity contribution in [3.05, 3.63) is 95.1 Å². The summed E-state index contributed by atoms with van der Waals surface area (Å²) < 4.78 is 0. The first-order valence-electron chi connectivity index (χ1n) is 11.0. The summed E-state index contributed by atoms with van der Waals surface area (Å²) in [5, 5.41) is 22.1. The van der Waals surface area contributed by atoms with Crippen molar-refractivity contribution in [3.8, 4) is 17.2 Å². The molecular formula is C27H27N3O2. The molecule has 32 heavy (non-hydrogen) atoms. The minimum atomic E-state index is -0.163. The maximum atomic E-state index is 12.9. The fraction of sp³-hybridized carbons (Fsp3) is 0.259. The van der Waals surface area contributed by atoms with E-state index in [1.54, 1.807) is 12.1 Å². The number of aliphatic hydroxyl groups excluding tert-OH is 1. The standard InChI is InChI=1S/C27H27N3O2/c28-17-22-5-1-2-6-24(22)25-7-3-4-8-26(25)27(32)29-18-20-9-11-21(12-10-20)19-30-15-13-23(31)14-16-30/h1-12,23,31H,13-16,18-19H2,(H,29,32). The van der Waals surface area contributed by atoms with Gasteiger partial charge in [0.1, 0.15) is 0 Å². The highest BCUT2D eigenvalue weighted by atomic mass is 16.3. The smallest absolute Gasteiger partial charge is 0.252 e. The SMILES string of the molecule is N#Cc1ccccc1-c1ccccc1C(=O)NCc1ccc(CN2CCC(O)CC2)cc1. The lowest BCUT2D eigenvalue weighted by atomic mass is 9.95. The first-order chi connectivity index (χ1) is 15.6. The number of nitrogens with zero attached hydrogens (tertiary/aromatic N) is 2. The monoisotopic (exact) mass is 425 g/mol. The molecule has 2 N–H and O–H groups in total. The van der Waals surface area contributed by atoms with Gasteiger partial charge in [0, 0.05) is 37.3 Å². The Hall–Kier alpha value is -3.46. The zero-order valence-corrected chi connectivity index (χ0v) is 18.0. The van der Waals surface area contributed by atoms with Crippen molar-refractivity contribution >= 4 is 5.91 Å². The Kier molecular flexibility index (Phi) is 6.96. The summed E-state index contributed by atoms with van der Waals surface area (Å²) in [6, 6.07) is 25.2. The van der Waals surface area contributed by atoms with Gasteiger partial charge < -0.3 is 10.4 Å². The summed E-state index contributed by atoms with van der Waals surface area (Å²) in [4.78, 5) is 15.3. The molecule has 5 heteroatoms. The molecular weight excluding hydrogens is 398 g/mol. The van der Waals surface area contributed by atoms with Crippen LogP contribution in [0.25, 0.3) is 11.1 Å². The van der Waals surface area contributed by atoms with Crippen LogP contribution in [0.2, 0.25) is 0 Å². The van der Waals surface area contributed by atoms with Gasteiger partial charge in [0.15, 0.2) is 0 Å². The molecule has 1 aliphatic heterocycles. The molecule has 0 unspecified atom stereocenters. The lowest BCUT2D eigenvalue weighted by molar-refractivity contribution is 0.0792. The molecule has 1 saturated heterocycles.